The van der Waals surface area contributed by atoms with E-state index in [0.717, 1.165) is 13.0 Å². The Bertz CT molecular complexity index is 528. The van der Waals surface area contributed by atoms with E-state index < -0.39 is 0 Å². The van der Waals surface area contributed by atoms with Crippen molar-refractivity contribution < 1.29 is 0 Å². The summed E-state index contributed by atoms with van der Waals surface area (Å²) in [5, 5.41) is 0. The summed E-state index contributed by atoms with van der Waals surface area (Å²) >= 11 is 4.24. The molecule has 0 spiro atoms. The van der Waals surface area contributed by atoms with E-state index in [0.29, 0.717) is 0 Å². The van der Waals surface area contributed by atoms with Gasteiger partial charge in [0.05, 0.1) is 10.4 Å². The van der Waals surface area contributed by atoms with E-state index in [2.05, 4.69) is 70.5 Å². The van der Waals surface area contributed by atoms with Gasteiger partial charge in [-0.3, -0.25) is 0 Å². The van der Waals surface area contributed by atoms with Gasteiger partial charge in [-0.2, -0.15) is 0 Å². The zero-order valence-electron chi connectivity index (χ0n) is 11.8. The molecule has 1 saturated heterocycles. The van der Waals surface area contributed by atoms with Gasteiger partial charge in [-0.1, -0.05) is 29.8 Å². The number of nitrogens with zero attached hydrogens (tertiary/aromatic N) is 2. The second kappa shape index (κ2) is 6.27. The van der Waals surface area contributed by atoms with Crippen LogP contribution in [0.15, 0.2) is 43.0 Å². The number of benzene rings is 1. The number of hydrogen-bond donors (Lipinski definition) is 0. The summed E-state index contributed by atoms with van der Waals surface area (Å²) in [7, 11) is 0. The maximum absolute atomic E-state index is 4.14. The Hall–Kier alpha value is -0.870. The Balaban J connectivity index is 1.82. The Kier molecular flexibility index (Phi) is 4.41. The minimum Gasteiger partial charge on any atom is -0.337 e. The van der Waals surface area contributed by atoms with Crippen LogP contribution in [0.2, 0.25) is 0 Å². The number of imidazole rings is 1. The number of rotatable bonds is 4. The summed E-state index contributed by atoms with van der Waals surface area (Å²) in [5.74, 6) is 2.54. The van der Waals surface area contributed by atoms with Gasteiger partial charge in [-0.05, 0) is 36.8 Å². The van der Waals surface area contributed by atoms with E-state index in [-0.39, 0.29) is 4.08 Å². The number of hydrogen-bond acceptors (Lipinski definition) is 3. The van der Waals surface area contributed by atoms with E-state index in [4.69, 9.17) is 0 Å². The lowest BCUT2D eigenvalue weighted by Crippen LogP contribution is -2.24. The lowest BCUT2D eigenvalue weighted by atomic mass is 10.1. The van der Waals surface area contributed by atoms with Crippen LogP contribution in [0.3, 0.4) is 0 Å². The van der Waals surface area contributed by atoms with E-state index in [9.17, 15) is 0 Å². The van der Waals surface area contributed by atoms with Crippen LogP contribution in [0.4, 0.5) is 0 Å². The molecule has 0 unspecified atom stereocenters. The van der Waals surface area contributed by atoms with Gasteiger partial charge in [0, 0.05) is 18.9 Å². The van der Waals surface area contributed by atoms with Crippen molar-refractivity contribution in [3.8, 4) is 0 Å². The summed E-state index contributed by atoms with van der Waals surface area (Å²) in [6.45, 7) is 3.19. The minimum absolute atomic E-state index is 0.218. The second-order valence-corrected chi connectivity index (χ2v) is 8.27. The SMILES string of the molecule is Cc1ccc(C2(CCn3ccnc3)SCCCS2)cc1. The predicted molar refractivity (Wildman–Crippen MR) is 89.2 cm³/mol. The Labute approximate surface area is 129 Å². The van der Waals surface area contributed by atoms with Gasteiger partial charge in [-0.15, -0.1) is 23.5 Å². The van der Waals surface area contributed by atoms with E-state index >= 15 is 0 Å². The summed E-state index contributed by atoms with van der Waals surface area (Å²) in [6.07, 6.45) is 8.32. The molecule has 2 heterocycles. The zero-order valence-corrected chi connectivity index (χ0v) is 13.4. The first kappa shape index (κ1) is 14.1. The lowest BCUT2D eigenvalue weighted by Gasteiger charge is -2.37. The van der Waals surface area contributed by atoms with Crippen LogP contribution in [0.25, 0.3) is 0 Å². The Morgan fingerprint density at radius 1 is 1.20 bits per heavy atom. The summed E-state index contributed by atoms with van der Waals surface area (Å²) in [5.41, 5.74) is 2.81. The first-order chi connectivity index (χ1) is 9.78. The van der Waals surface area contributed by atoms with Crippen molar-refractivity contribution >= 4 is 23.5 Å². The van der Waals surface area contributed by atoms with Gasteiger partial charge in [0.1, 0.15) is 0 Å². The molecule has 0 aliphatic carbocycles. The molecule has 0 N–H and O–H groups in total. The van der Waals surface area contributed by atoms with Gasteiger partial charge < -0.3 is 4.57 Å². The van der Waals surface area contributed by atoms with Gasteiger partial charge >= 0.3 is 0 Å². The van der Waals surface area contributed by atoms with Crippen molar-refractivity contribution in [1.29, 1.82) is 0 Å². The molecule has 0 atom stereocenters. The third kappa shape index (κ3) is 3.07. The highest BCUT2D eigenvalue weighted by Gasteiger charge is 2.35. The summed E-state index contributed by atoms with van der Waals surface area (Å²) in [6, 6.07) is 9.11. The molecule has 1 aliphatic heterocycles. The summed E-state index contributed by atoms with van der Waals surface area (Å²) < 4.78 is 2.40. The van der Waals surface area contributed by atoms with Crippen LogP contribution >= 0.6 is 23.5 Å². The van der Waals surface area contributed by atoms with Crippen molar-refractivity contribution in [2.24, 2.45) is 0 Å². The number of thioether (sulfide) groups is 2. The molecule has 0 radical (unpaired) electrons. The molecule has 106 valence electrons. The van der Waals surface area contributed by atoms with Gasteiger partial charge in [-0.25, -0.2) is 4.98 Å². The third-order valence-electron chi connectivity index (χ3n) is 3.71. The zero-order chi connectivity index (χ0) is 13.8. The predicted octanol–water partition coefficient (Wildman–Crippen LogP) is 4.30. The molecule has 1 aromatic carbocycles. The minimum atomic E-state index is 0.218. The Morgan fingerprint density at radius 3 is 2.60 bits per heavy atom. The fourth-order valence-corrected chi connectivity index (χ4v) is 5.86. The quantitative estimate of drug-likeness (QED) is 0.838. The van der Waals surface area contributed by atoms with Crippen LogP contribution in [-0.4, -0.2) is 21.1 Å². The highest BCUT2D eigenvalue weighted by Crippen LogP contribution is 2.52. The molecule has 0 saturated carbocycles. The van der Waals surface area contributed by atoms with Crippen LogP contribution in [-0.2, 0) is 10.6 Å². The molecular weight excluding hydrogens is 284 g/mol. The molecular formula is C16H20N2S2. The van der Waals surface area contributed by atoms with E-state index in [1.54, 1.807) is 0 Å². The first-order valence-electron chi connectivity index (χ1n) is 7.09. The van der Waals surface area contributed by atoms with Gasteiger partial charge in [0.2, 0.25) is 0 Å². The number of aryl methyl sites for hydroxylation is 2. The maximum Gasteiger partial charge on any atom is 0.0945 e. The molecule has 2 nitrogen and oxygen atoms in total. The fourth-order valence-electron chi connectivity index (χ4n) is 2.53. The van der Waals surface area contributed by atoms with Crippen LogP contribution in [0.5, 0.6) is 0 Å². The lowest BCUT2D eigenvalue weighted by molar-refractivity contribution is 0.610. The average Bonchev–Trinajstić information content (AvgIpc) is 3.00. The monoisotopic (exact) mass is 304 g/mol. The largest absolute Gasteiger partial charge is 0.337 e. The fraction of sp³-hybridized carbons (Fsp3) is 0.438. The number of aromatic nitrogens is 2. The maximum atomic E-state index is 4.14. The molecule has 1 fully saturated rings. The Morgan fingerprint density at radius 2 is 1.95 bits per heavy atom. The molecule has 3 rings (SSSR count). The van der Waals surface area contributed by atoms with Crippen molar-refractivity contribution in [2.75, 3.05) is 11.5 Å². The van der Waals surface area contributed by atoms with Crippen molar-refractivity contribution in [3.05, 3.63) is 54.1 Å². The average molecular weight is 304 g/mol. The van der Waals surface area contributed by atoms with Crippen LogP contribution < -0.4 is 0 Å². The smallest absolute Gasteiger partial charge is 0.0945 e. The molecule has 1 aromatic heterocycles. The van der Waals surface area contributed by atoms with Crippen LogP contribution in [0, 0.1) is 6.92 Å². The van der Waals surface area contributed by atoms with E-state index in [1.807, 2.05) is 12.5 Å². The van der Waals surface area contributed by atoms with Crippen molar-refractivity contribution in [2.45, 2.75) is 30.4 Å². The van der Waals surface area contributed by atoms with Crippen molar-refractivity contribution in [3.63, 3.8) is 0 Å². The summed E-state index contributed by atoms with van der Waals surface area (Å²) in [4.78, 5) is 4.14. The molecule has 20 heavy (non-hydrogen) atoms. The normalized spacial score (nSPS) is 18.1. The highest BCUT2D eigenvalue weighted by atomic mass is 32.2. The first-order valence-corrected chi connectivity index (χ1v) is 9.06. The van der Waals surface area contributed by atoms with Gasteiger partial charge in [0.25, 0.3) is 0 Å². The van der Waals surface area contributed by atoms with E-state index in [1.165, 1.54) is 29.1 Å². The molecule has 4 heteroatoms. The van der Waals surface area contributed by atoms with Crippen molar-refractivity contribution in [1.82, 2.24) is 9.55 Å². The second-order valence-electron chi connectivity index (χ2n) is 5.22. The topological polar surface area (TPSA) is 17.8 Å². The standard InChI is InChI=1S/C16H20N2S2/c1-14-3-5-15(6-4-14)16(19-11-2-12-20-16)7-9-18-10-8-17-13-18/h3-6,8,10,13H,2,7,9,11-12H2,1H3. The highest BCUT2D eigenvalue weighted by molar-refractivity contribution is 8.18. The molecule has 0 amide bonds. The molecule has 2 aromatic rings. The molecule has 0 bridgehead atoms. The van der Waals surface area contributed by atoms with Gasteiger partial charge in [0.15, 0.2) is 0 Å². The third-order valence-corrected chi connectivity index (χ3v) is 7.21. The molecule has 1 aliphatic rings. The van der Waals surface area contributed by atoms with Crippen LogP contribution in [0.1, 0.15) is 24.0 Å².